The third-order valence-electron chi connectivity index (χ3n) is 4.94. The van der Waals surface area contributed by atoms with Gasteiger partial charge in [-0.2, -0.15) is 0 Å². The Labute approximate surface area is 175 Å². The lowest BCUT2D eigenvalue weighted by atomic mass is 10.1. The fourth-order valence-corrected chi connectivity index (χ4v) is 4.18. The van der Waals surface area contributed by atoms with E-state index in [4.69, 9.17) is 9.73 Å². The topological polar surface area (TPSA) is 26.5 Å². The highest BCUT2D eigenvalue weighted by molar-refractivity contribution is 7.07. The summed E-state index contributed by atoms with van der Waals surface area (Å²) in [5.41, 5.74) is 5.93. The van der Waals surface area contributed by atoms with Crippen LogP contribution in [0, 0.1) is 0 Å². The summed E-state index contributed by atoms with van der Waals surface area (Å²) in [4.78, 5) is 5.90. The summed E-state index contributed by atoms with van der Waals surface area (Å²) in [6.07, 6.45) is 1.05. The average Bonchev–Trinajstić information content (AvgIpc) is 3.17. The zero-order valence-electron chi connectivity index (χ0n) is 16.7. The first-order valence-corrected chi connectivity index (χ1v) is 10.6. The van der Waals surface area contributed by atoms with Crippen LogP contribution in [0.5, 0.6) is 5.75 Å². The zero-order chi connectivity index (χ0) is 20.1. The predicted octanol–water partition coefficient (Wildman–Crippen LogP) is 6.07. The van der Waals surface area contributed by atoms with Gasteiger partial charge in [0.25, 0.3) is 0 Å². The van der Waals surface area contributed by atoms with Gasteiger partial charge in [0.15, 0.2) is 4.80 Å². The van der Waals surface area contributed by atoms with Crippen molar-refractivity contribution < 1.29 is 4.74 Å². The largest absolute Gasteiger partial charge is 0.497 e. The molecule has 4 rings (SSSR count). The lowest BCUT2D eigenvalue weighted by molar-refractivity contribution is 0.415. The third kappa shape index (κ3) is 4.49. The molecule has 3 aromatic carbocycles. The van der Waals surface area contributed by atoms with E-state index in [0.29, 0.717) is 0 Å². The summed E-state index contributed by atoms with van der Waals surface area (Å²) in [7, 11) is 1.68. The van der Waals surface area contributed by atoms with E-state index in [1.165, 1.54) is 22.4 Å². The van der Waals surface area contributed by atoms with Gasteiger partial charge in [0, 0.05) is 5.38 Å². The van der Waals surface area contributed by atoms with Gasteiger partial charge in [-0.1, -0.05) is 61.5 Å². The molecule has 0 atom stereocenters. The molecule has 0 fully saturated rings. The van der Waals surface area contributed by atoms with E-state index in [9.17, 15) is 0 Å². The molecule has 0 amide bonds. The van der Waals surface area contributed by atoms with Crippen molar-refractivity contribution in [1.29, 1.82) is 0 Å². The lowest BCUT2D eigenvalue weighted by Gasteiger charge is -2.10. The monoisotopic (exact) mass is 400 g/mol. The Balaban J connectivity index is 1.79. The van der Waals surface area contributed by atoms with E-state index in [-0.39, 0.29) is 0 Å². The summed E-state index contributed by atoms with van der Waals surface area (Å²) < 4.78 is 7.56. The van der Waals surface area contributed by atoms with Crippen molar-refractivity contribution in [3.05, 3.63) is 100 Å². The second kappa shape index (κ2) is 8.93. The Morgan fingerprint density at radius 3 is 2.24 bits per heavy atom. The van der Waals surface area contributed by atoms with Crippen LogP contribution >= 0.6 is 11.3 Å². The number of aromatic nitrogens is 1. The van der Waals surface area contributed by atoms with Crippen LogP contribution in [-0.4, -0.2) is 11.7 Å². The van der Waals surface area contributed by atoms with Gasteiger partial charge < -0.3 is 9.30 Å². The number of rotatable bonds is 6. The number of aryl methyl sites for hydroxylation is 1. The van der Waals surface area contributed by atoms with Crippen LogP contribution in [0.3, 0.4) is 0 Å². The van der Waals surface area contributed by atoms with Gasteiger partial charge in [-0.15, -0.1) is 11.3 Å². The first-order valence-electron chi connectivity index (χ1n) is 9.77. The quantitative estimate of drug-likeness (QED) is 0.386. The highest BCUT2D eigenvalue weighted by atomic mass is 32.1. The average molecular weight is 401 g/mol. The Morgan fingerprint density at radius 1 is 0.862 bits per heavy atom. The minimum absolute atomic E-state index is 0.782. The molecular weight excluding hydrogens is 376 g/mol. The van der Waals surface area contributed by atoms with Crippen LogP contribution in [0.25, 0.3) is 11.3 Å². The predicted molar refractivity (Wildman–Crippen MR) is 121 cm³/mol. The van der Waals surface area contributed by atoms with Gasteiger partial charge in [-0.05, 0) is 47.4 Å². The summed E-state index contributed by atoms with van der Waals surface area (Å²) in [5, 5.41) is 2.20. The van der Waals surface area contributed by atoms with E-state index in [0.717, 1.165) is 29.2 Å². The van der Waals surface area contributed by atoms with E-state index < -0.39 is 0 Å². The minimum Gasteiger partial charge on any atom is -0.497 e. The van der Waals surface area contributed by atoms with Crippen LogP contribution in [0.4, 0.5) is 5.69 Å². The molecular formula is C25H24N2OS. The van der Waals surface area contributed by atoms with Gasteiger partial charge in [-0.25, -0.2) is 4.99 Å². The van der Waals surface area contributed by atoms with E-state index in [1.807, 2.05) is 24.3 Å². The number of methoxy groups -OCH3 is 1. The summed E-state index contributed by atoms with van der Waals surface area (Å²) >= 11 is 1.67. The van der Waals surface area contributed by atoms with E-state index in [1.54, 1.807) is 18.4 Å². The smallest absolute Gasteiger partial charge is 0.190 e. The van der Waals surface area contributed by atoms with E-state index in [2.05, 4.69) is 71.5 Å². The van der Waals surface area contributed by atoms with Crippen LogP contribution in [0.15, 0.2) is 89.2 Å². The van der Waals surface area contributed by atoms with Crippen molar-refractivity contribution in [3.8, 4) is 17.0 Å². The minimum atomic E-state index is 0.782. The number of thiazole rings is 1. The molecule has 1 heterocycles. The molecule has 0 spiro atoms. The van der Waals surface area contributed by atoms with E-state index >= 15 is 0 Å². The Kier molecular flexibility index (Phi) is 5.92. The number of nitrogens with zero attached hydrogens (tertiary/aromatic N) is 2. The van der Waals surface area contributed by atoms with Crippen LogP contribution in [0.1, 0.15) is 18.1 Å². The van der Waals surface area contributed by atoms with Crippen molar-refractivity contribution in [2.24, 2.45) is 4.99 Å². The lowest BCUT2D eigenvalue weighted by Crippen LogP contribution is -2.16. The number of ether oxygens (including phenoxy) is 1. The molecule has 0 aliphatic rings. The molecule has 3 nitrogen and oxygen atoms in total. The second-order valence-corrected chi connectivity index (χ2v) is 7.67. The van der Waals surface area contributed by atoms with Gasteiger partial charge >= 0.3 is 0 Å². The van der Waals surface area contributed by atoms with Crippen molar-refractivity contribution >= 4 is 17.0 Å². The molecule has 0 unspecified atom stereocenters. The molecule has 0 N–H and O–H groups in total. The first-order chi connectivity index (χ1) is 14.3. The molecule has 0 saturated carbocycles. The summed E-state index contributed by atoms with van der Waals surface area (Å²) in [6.45, 7) is 2.96. The normalized spacial score (nSPS) is 11.6. The van der Waals surface area contributed by atoms with Crippen LogP contribution in [0.2, 0.25) is 0 Å². The summed E-state index contributed by atoms with van der Waals surface area (Å²) in [6, 6.07) is 27.2. The van der Waals surface area contributed by atoms with Crippen molar-refractivity contribution in [2.45, 2.75) is 19.9 Å². The fourth-order valence-electron chi connectivity index (χ4n) is 3.25. The standard InChI is InChI=1S/C25H24N2OS/c1-3-19-9-11-21(12-10-19)24-18-29-25(26-22-13-15-23(28-2)16-14-22)27(24)17-20-7-5-4-6-8-20/h4-16,18H,3,17H2,1-2H3. The molecule has 0 saturated heterocycles. The molecule has 146 valence electrons. The Hall–Kier alpha value is -3.11. The summed E-state index contributed by atoms with van der Waals surface area (Å²) in [5.74, 6) is 0.837. The molecule has 1 aromatic heterocycles. The Morgan fingerprint density at radius 2 is 1.59 bits per heavy atom. The van der Waals surface area contributed by atoms with Crippen molar-refractivity contribution in [2.75, 3.05) is 7.11 Å². The zero-order valence-corrected chi connectivity index (χ0v) is 17.5. The molecule has 0 aliphatic heterocycles. The maximum Gasteiger partial charge on any atom is 0.190 e. The Bertz CT molecular complexity index is 1120. The van der Waals surface area contributed by atoms with Crippen molar-refractivity contribution in [1.82, 2.24) is 4.57 Å². The van der Waals surface area contributed by atoms with Gasteiger partial charge in [-0.3, -0.25) is 0 Å². The maximum atomic E-state index is 5.26. The third-order valence-corrected chi connectivity index (χ3v) is 5.80. The molecule has 4 heteroatoms. The van der Waals surface area contributed by atoms with Gasteiger partial charge in [0.2, 0.25) is 0 Å². The highest BCUT2D eigenvalue weighted by Crippen LogP contribution is 2.23. The highest BCUT2D eigenvalue weighted by Gasteiger charge is 2.09. The molecule has 4 aromatic rings. The number of hydrogen-bond acceptors (Lipinski definition) is 3. The number of hydrogen-bond donors (Lipinski definition) is 0. The van der Waals surface area contributed by atoms with Crippen molar-refractivity contribution in [3.63, 3.8) is 0 Å². The number of benzene rings is 3. The molecule has 0 radical (unpaired) electrons. The van der Waals surface area contributed by atoms with Gasteiger partial charge in [0.1, 0.15) is 5.75 Å². The van der Waals surface area contributed by atoms with Gasteiger partial charge in [0.05, 0.1) is 25.0 Å². The second-order valence-electron chi connectivity index (χ2n) is 6.84. The fraction of sp³-hybridized carbons (Fsp3) is 0.160. The van der Waals surface area contributed by atoms with Crippen LogP contribution < -0.4 is 9.54 Å². The SMILES string of the molecule is CCc1ccc(-c2csc(=Nc3ccc(OC)cc3)n2Cc2ccccc2)cc1. The first kappa shape index (κ1) is 19.2. The van der Waals surface area contributed by atoms with Crippen LogP contribution in [-0.2, 0) is 13.0 Å². The molecule has 29 heavy (non-hydrogen) atoms. The molecule has 0 aliphatic carbocycles. The molecule has 0 bridgehead atoms. The maximum absolute atomic E-state index is 5.26.